The average molecular weight is 363 g/mol. The van der Waals surface area contributed by atoms with Crippen LogP contribution in [0.25, 0.3) is 0 Å². The van der Waals surface area contributed by atoms with Crippen LogP contribution in [0.4, 0.5) is 0 Å². The zero-order valence-corrected chi connectivity index (χ0v) is 15.6. The zero-order valence-electron chi connectivity index (χ0n) is 14.8. The van der Waals surface area contributed by atoms with E-state index < -0.39 is 10.0 Å². The summed E-state index contributed by atoms with van der Waals surface area (Å²) in [6.07, 6.45) is 3.84. The summed E-state index contributed by atoms with van der Waals surface area (Å²) in [5.74, 6) is 0.309. The number of hydrogen-bond donors (Lipinski definition) is 1. The number of benzene rings is 1. The Hall–Kier alpha value is -1.70. The number of hydrogen-bond acceptors (Lipinski definition) is 5. The first-order valence-electron chi connectivity index (χ1n) is 8.68. The molecule has 136 valence electrons. The van der Waals surface area contributed by atoms with Gasteiger partial charge in [0.2, 0.25) is 10.0 Å². The van der Waals surface area contributed by atoms with Crippen LogP contribution in [0.15, 0.2) is 33.7 Å². The fraction of sp³-hybridized carbons (Fsp3) is 0.500. The van der Waals surface area contributed by atoms with Crippen LogP contribution < -0.4 is 4.72 Å². The maximum absolute atomic E-state index is 12.5. The first-order valence-corrected chi connectivity index (χ1v) is 10.2. The highest BCUT2D eigenvalue weighted by atomic mass is 32.2. The van der Waals surface area contributed by atoms with E-state index in [2.05, 4.69) is 26.9 Å². The maximum atomic E-state index is 12.5. The number of rotatable bonds is 6. The Bertz CT molecular complexity index is 804. The van der Waals surface area contributed by atoms with Crippen LogP contribution in [0, 0.1) is 13.8 Å². The molecule has 1 aromatic heterocycles. The Labute approximate surface area is 149 Å². The van der Waals surface area contributed by atoms with Crippen LogP contribution in [0.5, 0.6) is 0 Å². The van der Waals surface area contributed by atoms with Gasteiger partial charge in [-0.25, -0.2) is 13.1 Å². The summed E-state index contributed by atoms with van der Waals surface area (Å²) in [5.41, 5.74) is 2.55. The third-order valence-corrected chi connectivity index (χ3v) is 6.19. The molecule has 0 bridgehead atoms. The van der Waals surface area contributed by atoms with E-state index in [1.165, 1.54) is 24.8 Å². The van der Waals surface area contributed by atoms with Crippen molar-refractivity contribution in [1.29, 1.82) is 0 Å². The molecule has 1 aromatic carbocycles. The van der Waals surface area contributed by atoms with E-state index in [9.17, 15) is 8.42 Å². The highest BCUT2D eigenvalue weighted by Crippen LogP contribution is 2.19. The summed E-state index contributed by atoms with van der Waals surface area (Å²) in [5, 5.41) is 3.72. The predicted octanol–water partition coefficient (Wildman–Crippen LogP) is 2.76. The predicted molar refractivity (Wildman–Crippen MR) is 95.6 cm³/mol. The molecule has 0 unspecified atom stereocenters. The third-order valence-electron chi connectivity index (χ3n) is 4.55. The van der Waals surface area contributed by atoms with Crippen LogP contribution in [-0.2, 0) is 23.1 Å². The van der Waals surface area contributed by atoms with E-state index in [4.69, 9.17) is 4.52 Å². The molecule has 1 aliphatic rings. The van der Waals surface area contributed by atoms with Crippen LogP contribution in [0.2, 0.25) is 0 Å². The van der Waals surface area contributed by atoms with Gasteiger partial charge >= 0.3 is 0 Å². The number of aromatic nitrogens is 1. The molecule has 0 amide bonds. The minimum Gasteiger partial charge on any atom is -0.360 e. The number of nitrogens with one attached hydrogen (secondary N) is 1. The quantitative estimate of drug-likeness (QED) is 0.854. The highest BCUT2D eigenvalue weighted by molar-refractivity contribution is 7.89. The Balaban J connectivity index is 1.66. The van der Waals surface area contributed by atoms with Crippen molar-refractivity contribution in [2.45, 2.75) is 51.1 Å². The molecule has 1 aliphatic heterocycles. The van der Waals surface area contributed by atoms with Crippen molar-refractivity contribution >= 4 is 10.0 Å². The summed E-state index contributed by atoms with van der Waals surface area (Å²) in [7, 11) is -3.63. The van der Waals surface area contributed by atoms with Crippen LogP contribution in [0.3, 0.4) is 0 Å². The third kappa shape index (κ3) is 4.48. The molecule has 1 N–H and O–H groups in total. The molecule has 25 heavy (non-hydrogen) atoms. The zero-order chi connectivity index (χ0) is 17.9. The molecule has 3 rings (SSSR count). The number of piperidine rings is 1. The van der Waals surface area contributed by atoms with Gasteiger partial charge in [-0.3, -0.25) is 4.90 Å². The molecular formula is C18H25N3O3S. The molecule has 0 saturated carbocycles. The molecule has 2 aromatic rings. The van der Waals surface area contributed by atoms with Crippen molar-refractivity contribution in [3.05, 3.63) is 46.8 Å². The summed E-state index contributed by atoms with van der Waals surface area (Å²) in [6.45, 7) is 6.69. The van der Waals surface area contributed by atoms with E-state index in [-0.39, 0.29) is 11.4 Å². The largest absolute Gasteiger partial charge is 0.360 e. The summed E-state index contributed by atoms with van der Waals surface area (Å²) in [4.78, 5) is 2.59. The average Bonchev–Trinajstić information content (AvgIpc) is 2.94. The second-order valence-electron chi connectivity index (χ2n) is 6.63. The SMILES string of the molecule is Cc1noc(C)c1S(=O)(=O)NCc1cccc(CN2CCCCC2)c1. The smallest absolute Gasteiger partial charge is 0.246 e. The molecule has 0 spiro atoms. The van der Waals surface area contributed by atoms with Gasteiger partial charge in [-0.05, 0) is 50.9 Å². The topological polar surface area (TPSA) is 75.4 Å². The van der Waals surface area contributed by atoms with Gasteiger partial charge in [0.25, 0.3) is 0 Å². The first-order chi connectivity index (χ1) is 12.0. The number of nitrogens with zero attached hydrogens (tertiary/aromatic N) is 2. The normalized spacial score (nSPS) is 16.2. The molecule has 2 heterocycles. The molecule has 7 heteroatoms. The van der Waals surface area contributed by atoms with Crippen LogP contribution in [-0.4, -0.2) is 31.6 Å². The Morgan fingerprint density at radius 2 is 1.88 bits per heavy atom. The monoisotopic (exact) mass is 363 g/mol. The van der Waals surface area contributed by atoms with E-state index in [1.54, 1.807) is 13.8 Å². The van der Waals surface area contributed by atoms with Gasteiger partial charge in [0.15, 0.2) is 5.76 Å². The number of likely N-dealkylation sites (tertiary alicyclic amines) is 1. The van der Waals surface area contributed by atoms with Crippen molar-refractivity contribution in [3.8, 4) is 0 Å². The standard InChI is InChI=1S/C18H25N3O3S/c1-14-18(15(2)24-20-14)25(22,23)19-12-16-7-6-8-17(11-16)13-21-9-4-3-5-10-21/h6-8,11,19H,3-5,9-10,12-13H2,1-2H3. The van der Waals surface area contributed by atoms with Gasteiger partial charge in [0.05, 0.1) is 0 Å². The lowest BCUT2D eigenvalue weighted by atomic mass is 10.1. The van der Waals surface area contributed by atoms with Gasteiger partial charge in [-0.15, -0.1) is 0 Å². The molecule has 0 aliphatic carbocycles. The first kappa shape index (κ1) is 18.1. The van der Waals surface area contributed by atoms with Crippen molar-refractivity contribution in [1.82, 2.24) is 14.8 Å². The van der Waals surface area contributed by atoms with E-state index >= 15 is 0 Å². The number of aryl methyl sites for hydroxylation is 2. The molecule has 1 fully saturated rings. The summed E-state index contributed by atoms with van der Waals surface area (Å²) < 4.78 is 32.6. The Morgan fingerprint density at radius 1 is 1.16 bits per heavy atom. The maximum Gasteiger partial charge on any atom is 0.246 e. The van der Waals surface area contributed by atoms with Gasteiger partial charge in [-0.1, -0.05) is 35.8 Å². The highest BCUT2D eigenvalue weighted by Gasteiger charge is 2.23. The molecule has 6 nitrogen and oxygen atoms in total. The van der Waals surface area contributed by atoms with Crippen LogP contribution >= 0.6 is 0 Å². The van der Waals surface area contributed by atoms with Crippen LogP contribution in [0.1, 0.15) is 41.8 Å². The molecular weight excluding hydrogens is 338 g/mol. The second-order valence-corrected chi connectivity index (χ2v) is 8.34. The van der Waals surface area contributed by atoms with Crippen molar-refractivity contribution in [3.63, 3.8) is 0 Å². The summed E-state index contributed by atoms with van der Waals surface area (Å²) in [6, 6.07) is 8.10. The minimum absolute atomic E-state index is 0.136. The molecule has 1 saturated heterocycles. The summed E-state index contributed by atoms with van der Waals surface area (Å²) >= 11 is 0. The lowest BCUT2D eigenvalue weighted by Crippen LogP contribution is -2.29. The number of sulfonamides is 1. The van der Waals surface area contributed by atoms with Gasteiger partial charge in [0, 0.05) is 13.1 Å². The van der Waals surface area contributed by atoms with E-state index in [1.807, 2.05) is 12.1 Å². The van der Waals surface area contributed by atoms with E-state index in [0.29, 0.717) is 11.5 Å². The fourth-order valence-electron chi connectivity index (χ4n) is 3.32. The van der Waals surface area contributed by atoms with E-state index in [0.717, 1.165) is 25.2 Å². The fourth-order valence-corrected chi connectivity index (χ4v) is 4.67. The van der Waals surface area contributed by atoms with Gasteiger partial charge in [-0.2, -0.15) is 0 Å². The minimum atomic E-state index is -3.63. The molecule has 0 atom stereocenters. The Morgan fingerprint density at radius 3 is 2.56 bits per heavy atom. The van der Waals surface area contributed by atoms with Gasteiger partial charge < -0.3 is 4.52 Å². The molecule has 0 radical (unpaired) electrons. The lowest BCUT2D eigenvalue weighted by molar-refractivity contribution is 0.221. The van der Waals surface area contributed by atoms with Crippen molar-refractivity contribution in [2.75, 3.05) is 13.1 Å². The van der Waals surface area contributed by atoms with Crippen molar-refractivity contribution in [2.24, 2.45) is 0 Å². The second kappa shape index (κ2) is 7.68. The Kier molecular flexibility index (Phi) is 5.56. The van der Waals surface area contributed by atoms with Gasteiger partial charge in [0.1, 0.15) is 10.6 Å². The van der Waals surface area contributed by atoms with Crippen molar-refractivity contribution < 1.29 is 12.9 Å². The lowest BCUT2D eigenvalue weighted by Gasteiger charge is -2.26.